The van der Waals surface area contributed by atoms with E-state index in [4.69, 9.17) is 21.7 Å². The second kappa shape index (κ2) is 10.4. The fourth-order valence-corrected chi connectivity index (χ4v) is 4.82. The van der Waals surface area contributed by atoms with Crippen molar-refractivity contribution in [2.24, 2.45) is 0 Å². The molecule has 182 valence electrons. The number of nitrogens with zero attached hydrogens (tertiary/aromatic N) is 3. The molecule has 1 amide bonds. The van der Waals surface area contributed by atoms with E-state index in [2.05, 4.69) is 15.9 Å². The van der Waals surface area contributed by atoms with Crippen molar-refractivity contribution >= 4 is 73.3 Å². The average molecular weight is 588 g/mol. The first-order chi connectivity index (χ1) is 17.2. The largest absolute Gasteiger partial charge is 0.493 e. The van der Waals surface area contributed by atoms with Crippen LogP contribution in [0.2, 0.25) is 0 Å². The zero-order valence-corrected chi connectivity index (χ0v) is 21.5. The fraction of sp³-hybridized carbons (Fsp3) is 0.0435. The molecule has 1 aliphatic rings. The number of hydrogen-bond donors (Lipinski definition) is 0. The summed E-state index contributed by atoms with van der Waals surface area (Å²) in [5.74, 6) is -0.0751. The second-order valence-corrected chi connectivity index (χ2v) is 9.76. The van der Waals surface area contributed by atoms with Crippen LogP contribution in [0.25, 0.3) is 6.08 Å². The Bertz CT molecular complexity index is 1440. The van der Waals surface area contributed by atoms with Crippen LogP contribution in [0.15, 0.2) is 70.0 Å². The maximum atomic E-state index is 13.0. The molecule has 1 heterocycles. The maximum absolute atomic E-state index is 13.0. The molecule has 0 bridgehead atoms. The number of thioether (sulfide) groups is 1. The topological polar surface area (TPSA) is 125 Å². The number of non-ortho nitro benzene ring substituents is 1. The van der Waals surface area contributed by atoms with Gasteiger partial charge in [0.15, 0.2) is 15.8 Å². The van der Waals surface area contributed by atoms with E-state index in [0.29, 0.717) is 20.5 Å². The molecule has 4 rings (SSSR count). The number of ether oxygens (including phenoxy) is 2. The second-order valence-electron chi connectivity index (χ2n) is 7.17. The Kier molecular flexibility index (Phi) is 7.33. The SMILES string of the molecule is COc1cc(/C=C2/SC(=S)N(c3ccc(Br)cc3)C2=O)ccc1Oc1ccc([N+](=O)[O-])cc1[N+](=O)[O-]. The zero-order chi connectivity index (χ0) is 26.0. The predicted molar refractivity (Wildman–Crippen MR) is 143 cm³/mol. The van der Waals surface area contributed by atoms with E-state index in [-0.39, 0.29) is 23.2 Å². The average Bonchev–Trinajstić information content (AvgIpc) is 3.13. The molecule has 3 aromatic carbocycles. The molecule has 1 fully saturated rings. The maximum Gasteiger partial charge on any atom is 0.318 e. The fourth-order valence-electron chi connectivity index (χ4n) is 3.26. The minimum Gasteiger partial charge on any atom is -0.493 e. The lowest BCUT2D eigenvalue weighted by Gasteiger charge is -2.14. The molecule has 1 saturated heterocycles. The molecule has 0 radical (unpaired) electrons. The molecule has 0 aromatic heterocycles. The third kappa shape index (κ3) is 5.22. The van der Waals surface area contributed by atoms with E-state index >= 15 is 0 Å². The van der Waals surface area contributed by atoms with Crippen LogP contribution in [0.5, 0.6) is 17.2 Å². The molecule has 0 aliphatic carbocycles. The van der Waals surface area contributed by atoms with Crippen LogP contribution in [-0.2, 0) is 4.79 Å². The van der Waals surface area contributed by atoms with Crippen molar-refractivity contribution in [3.05, 3.63) is 95.8 Å². The summed E-state index contributed by atoms with van der Waals surface area (Å²) in [6.07, 6.45) is 1.65. The van der Waals surface area contributed by atoms with Gasteiger partial charge in [0.25, 0.3) is 11.6 Å². The van der Waals surface area contributed by atoms with Gasteiger partial charge >= 0.3 is 5.69 Å². The lowest BCUT2D eigenvalue weighted by Crippen LogP contribution is -2.27. The van der Waals surface area contributed by atoms with E-state index in [0.717, 1.165) is 34.4 Å². The number of rotatable bonds is 7. The Morgan fingerprint density at radius 1 is 0.972 bits per heavy atom. The summed E-state index contributed by atoms with van der Waals surface area (Å²) in [4.78, 5) is 35.7. The van der Waals surface area contributed by atoms with Crippen molar-refractivity contribution in [3.63, 3.8) is 0 Å². The van der Waals surface area contributed by atoms with E-state index in [9.17, 15) is 25.0 Å². The van der Waals surface area contributed by atoms with Gasteiger partial charge in [0.1, 0.15) is 0 Å². The number of thiocarbonyl (C=S) groups is 1. The molecule has 1 aliphatic heterocycles. The van der Waals surface area contributed by atoms with Gasteiger partial charge in [-0.05, 0) is 54.1 Å². The van der Waals surface area contributed by atoms with Gasteiger partial charge in [-0.1, -0.05) is 46.0 Å². The molecule has 0 spiro atoms. The Balaban J connectivity index is 1.61. The number of nitro groups is 2. The van der Waals surface area contributed by atoms with E-state index in [1.165, 1.54) is 18.1 Å². The van der Waals surface area contributed by atoms with Gasteiger partial charge in [-0.15, -0.1) is 0 Å². The first-order valence-corrected chi connectivity index (χ1v) is 12.0. The standard InChI is InChI=1S/C23H14BrN3O7S2/c1-33-20-10-13(11-21-22(28)25(23(35)36-21)15-5-3-14(24)4-6-15)2-8-19(20)34-18-9-7-16(26(29)30)12-17(18)27(31)32/h2-12H,1H3/b21-11+. The number of amides is 1. The molecule has 0 N–H and O–H groups in total. The minimum absolute atomic E-state index is 0.147. The van der Waals surface area contributed by atoms with Crippen molar-refractivity contribution < 1.29 is 24.1 Å². The summed E-state index contributed by atoms with van der Waals surface area (Å²) in [5, 5.41) is 22.4. The van der Waals surface area contributed by atoms with Gasteiger partial charge in [-0.25, -0.2) is 0 Å². The molecule has 13 heteroatoms. The first kappa shape index (κ1) is 25.3. The van der Waals surface area contributed by atoms with E-state index in [1.54, 1.807) is 30.3 Å². The van der Waals surface area contributed by atoms with Crippen molar-refractivity contribution in [2.75, 3.05) is 12.0 Å². The Morgan fingerprint density at radius 3 is 2.31 bits per heavy atom. The van der Waals surface area contributed by atoms with Crippen LogP contribution in [0.3, 0.4) is 0 Å². The van der Waals surface area contributed by atoms with E-state index in [1.807, 2.05) is 12.1 Å². The minimum atomic E-state index is -0.767. The van der Waals surface area contributed by atoms with Crippen molar-refractivity contribution in [3.8, 4) is 17.2 Å². The van der Waals surface area contributed by atoms with Gasteiger partial charge in [-0.2, -0.15) is 0 Å². The normalized spacial score (nSPS) is 14.3. The summed E-state index contributed by atoms with van der Waals surface area (Å²) in [6.45, 7) is 0. The number of anilines is 1. The number of carbonyl (C=O) groups excluding carboxylic acids is 1. The molecule has 0 atom stereocenters. The van der Waals surface area contributed by atoms with Crippen LogP contribution in [0.1, 0.15) is 5.56 Å². The monoisotopic (exact) mass is 587 g/mol. The highest BCUT2D eigenvalue weighted by atomic mass is 79.9. The van der Waals surface area contributed by atoms with Gasteiger partial charge in [-0.3, -0.25) is 29.9 Å². The number of benzene rings is 3. The smallest absolute Gasteiger partial charge is 0.318 e. The summed E-state index contributed by atoms with van der Waals surface area (Å²) >= 11 is 9.92. The van der Waals surface area contributed by atoms with Gasteiger partial charge in [0, 0.05) is 10.5 Å². The highest BCUT2D eigenvalue weighted by Gasteiger charge is 2.33. The van der Waals surface area contributed by atoms with Gasteiger partial charge in [0.05, 0.1) is 33.6 Å². The number of halogens is 1. The van der Waals surface area contributed by atoms with E-state index < -0.39 is 21.2 Å². The lowest BCUT2D eigenvalue weighted by atomic mass is 10.1. The predicted octanol–water partition coefficient (Wildman–Crippen LogP) is 6.47. The number of carbonyl (C=O) groups is 1. The van der Waals surface area contributed by atoms with Gasteiger partial charge < -0.3 is 9.47 Å². The summed E-state index contributed by atoms with van der Waals surface area (Å²) in [6, 6.07) is 15.0. The third-order valence-electron chi connectivity index (χ3n) is 4.93. The van der Waals surface area contributed by atoms with Crippen molar-refractivity contribution in [1.29, 1.82) is 0 Å². The Hall–Kier alpha value is -3.81. The summed E-state index contributed by atoms with van der Waals surface area (Å²) in [7, 11) is 1.39. The van der Waals surface area contributed by atoms with Crippen molar-refractivity contribution in [2.45, 2.75) is 0 Å². The highest BCUT2D eigenvalue weighted by molar-refractivity contribution is 9.10. The molecule has 0 saturated carbocycles. The molecular formula is C23H14BrN3O7S2. The summed E-state index contributed by atoms with van der Waals surface area (Å²) < 4.78 is 12.3. The molecule has 10 nitrogen and oxygen atoms in total. The molecule has 0 unspecified atom stereocenters. The quantitative estimate of drug-likeness (QED) is 0.132. The Morgan fingerprint density at radius 2 is 1.67 bits per heavy atom. The summed E-state index contributed by atoms with van der Waals surface area (Å²) in [5.41, 5.74) is 0.257. The lowest BCUT2D eigenvalue weighted by molar-refractivity contribution is -0.394. The molecular weight excluding hydrogens is 574 g/mol. The van der Waals surface area contributed by atoms with Crippen LogP contribution < -0.4 is 14.4 Å². The van der Waals surface area contributed by atoms with Crippen molar-refractivity contribution in [1.82, 2.24) is 0 Å². The highest BCUT2D eigenvalue weighted by Crippen LogP contribution is 2.40. The Labute approximate surface area is 221 Å². The first-order valence-electron chi connectivity index (χ1n) is 10.00. The number of nitro benzene ring substituents is 2. The number of hydrogen-bond acceptors (Lipinski definition) is 9. The van der Waals surface area contributed by atoms with Crippen LogP contribution >= 0.6 is 39.9 Å². The van der Waals surface area contributed by atoms with Crippen LogP contribution in [-0.4, -0.2) is 27.2 Å². The van der Waals surface area contributed by atoms with Gasteiger partial charge in [0.2, 0.25) is 5.75 Å². The molecule has 3 aromatic rings. The third-order valence-corrected chi connectivity index (χ3v) is 6.76. The zero-order valence-electron chi connectivity index (χ0n) is 18.2. The number of methoxy groups -OCH3 is 1. The van der Waals surface area contributed by atoms with Crippen LogP contribution in [0.4, 0.5) is 17.1 Å². The molecule has 36 heavy (non-hydrogen) atoms. The van der Waals surface area contributed by atoms with Crippen LogP contribution in [0, 0.1) is 20.2 Å².